The zero-order valence-electron chi connectivity index (χ0n) is 16.0. The predicted octanol–water partition coefficient (Wildman–Crippen LogP) is 4.80. The summed E-state index contributed by atoms with van der Waals surface area (Å²) in [5, 5.41) is 9.74. The molecule has 6 nitrogen and oxygen atoms in total. The van der Waals surface area contributed by atoms with E-state index in [1.54, 1.807) is 0 Å². The van der Waals surface area contributed by atoms with Gasteiger partial charge in [-0.1, -0.05) is 48.8 Å². The first kappa shape index (κ1) is 18.6. The second-order valence-corrected chi connectivity index (χ2v) is 7.05. The molecule has 27 heavy (non-hydrogen) atoms. The highest BCUT2D eigenvalue weighted by atomic mass is 16.5. The van der Waals surface area contributed by atoms with Gasteiger partial charge in [0.1, 0.15) is 0 Å². The molecule has 0 unspecified atom stereocenters. The van der Waals surface area contributed by atoms with E-state index in [0.29, 0.717) is 29.9 Å². The molecule has 0 fully saturated rings. The molecule has 0 aliphatic rings. The number of rotatable bonds is 5. The molecule has 0 atom stereocenters. The highest BCUT2D eigenvalue weighted by Crippen LogP contribution is 2.26. The van der Waals surface area contributed by atoms with Crippen LogP contribution in [0, 0.1) is 19.8 Å². The van der Waals surface area contributed by atoms with E-state index in [1.165, 1.54) is 5.56 Å². The zero-order chi connectivity index (χ0) is 19.4. The van der Waals surface area contributed by atoms with Crippen molar-refractivity contribution in [3.63, 3.8) is 0 Å². The summed E-state index contributed by atoms with van der Waals surface area (Å²) in [5.41, 5.74) is 4.64. The third-order valence-corrected chi connectivity index (χ3v) is 4.09. The molecule has 3 aromatic rings. The van der Waals surface area contributed by atoms with Crippen LogP contribution in [-0.2, 0) is 0 Å². The Morgan fingerprint density at radius 1 is 1.15 bits per heavy atom. The first-order valence-electron chi connectivity index (χ1n) is 8.99. The van der Waals surface area contributed by atoms with Crippen LogP contribution < -0.4 is 10.6 Å². The van der Waals surface area contributed by atoms with E-state index in [4.69, 9.17) is 4.52 Å². The summed E-state index contributed by atoms with van der Waals surface area (Å²) in [5.74, 6) is 1.36. The summed E-state index contributed by atoms with van der Waals surface area (Å²) in [6, 6.07) is 13.2. The van der Waals surface area contributed by atoms with Crippen LogP contribution in [0.3, 0.4) is 0 Å². The molecule has 6 heteroatoms. The van der Waals surface area contributed by atoms with Crippen LogP contribution in [0.2, 0.25) is 0 Å². The monoisotopic (exact) mass is 364 g/mol. The van der Waals surface area contributed by atoms with E-state index in [1.807, 2.05) is 64.1 Å². The summed E-state index contributed by atoms with van der Waals surface area (Å²) in [7, 11) is 0. The number of nitrogens with one attached hydrogen (secondary N) is 2. The third-order valence-electron chi connectivity index (χ3n) is 4.09. The van der Waals surface area contributed by atoms with Crippen LogP contribution in [0.4, 0.5) is 10.5 Å². The van der Waals surface area contributed by atoms with Gasteiger partial charge in [0.05, 0.1) is 0 Å². The lowest BCUT2D eigenvalue weighted by Gasteiger charge is -2.09. The Morgan fingerprint density at radius 3 is 2.70 bits per heavy atom. The Labute approximate surface area is 159 Å². The van der Waals surface area contributed by atoms with Crippen LogP contribution in [-0.4, -0.2) is 22.7 Å². The van der Waals surface area contributed by atoms with Crippen molar-refractivity contribution in [2.45, 2.75) is 27.7 Å². The zero-order valence-corrected chi connectivity index (χ0v) is 16.0. The van der Waals surface area contributed by atoms with Gasteiger partial charge in [-0.3, -0.25) is 0 Å². The maximum Gasteiger partial charge on any atom is 0.319 e. The minimum Gasteiger partial charge on any atom is -0.338 e. The summed E-state index contributed by atoms with van der Waals surface area (Å²) in [6.45, 7) is 8.78. The van der Waals surface area contributed by atoms with Crippen molar-refractivity contribution >= 4 is 11.7 Å². The number of hydrogen-bond acceptors (Lipinski definition) is 4. The van der Waals surface area contributed by atoms with Crippen molar-refractivity contribution in [2.24, 2.45) is 5.92 Å². The first-order valence-corrected chi connectivity index (χ1v) is 8.99. The number of carbonyl (C=O) groups is 1. The standard InChI is InChI=1S/C21H24N4O2/c1-13(2)12-22-21(26)23-17-7-5-6-16(11-17)19-24-20(27-25-19)18-9-8-14(3)10-15(18)4/h5-11,13H,12H2,1-4H3,(H2,22,23,26). The maximum absolute atomic E-state index is 11.9. The number of anilines is 1. The Balaban J connectivity index is 1.78. The van der Waals surface area contributed by atoms with Gasteiger partial charge in [0.15, 0.2) is 0 Å². The molecule has 1 aromatic heterocycles. The fourth-order valence-electron chi connectivity index (χ4n) is 2.71. The molecular formula is C21H24N4O2. The summed E-state index contributed by atoms with van der Waals surface area (Å²) in [4.78, 5) is 16.5. The minimum absolute atomic E-state index is 0.232. The topological polar surface area (TPSA) is 80.0 Å². The van der Waals surface area contributed by atoms with E-state index in [-0.39, 0.29) is 6.03 Å². The van der Waals surface area contributed by atoms with Gasteiger partial charge >= 0.3 is 6.03 Å². The van der Waals surface area contributed by atoms with Gasteiger partial charge in [-0.15, -0.1) is 0 Å². The van der Waals surface area contributed by atoms with Gasteiger partial charge < -0.3 is 15.2 Å². The van der Waals surface area contributed by atoms with Gasteiger partial charge in [-0.05, 0) is 43.5 Å². The number of aromatic nitrogens is 2. The normalized spacial score (nSPS) is 10.9. The number of benzene rings is 2. The quantitative estimate of drug-likeness (QED) is 0.681. The average Bonchev–Trinajstić information content (AvgIpc) is 3.10. The third kappa shape index (κ3) is 4.73. The second-order valence-electron chi connectivity index (χ2n) is 7.05. The van der Waals surface area contributed by atoms with Crippen LogP contribution in [0.1, 0.15) is 25.0 Å². The van der Waals surface area contributed by atoms with Crippen molar-refractivity contribution < 1.29 is 9.32 Å². The van der Waals surface area contributed by atoms with Crippen LogP contribution in [0.15, 0.2) is 47.0 Å². The number of hydrogen-bond donors (Lipinski definition) is 2. The Kier molecular flexibility index (Phi) is 5.54. The summed E-state index contributed by atoms with van der Waals surface area (Å²) in [6.07, 6.45) is 0. The molecule has 0 saturated carbocycles. The van der Waals surface area contributed by atoms with Gasteiger partial charge in [-0.25, -0.2) is 4.79 Å². The van der Waals surface area contributed by atoms with Crippen molar-refractivity contribution in [3.05, 3.63) is 53.6 Å². The lowest BCUT2D eigenvalue weighted by molar-refractivity contribution is 0.251. The van der Waals surface area contributed by atoms with E-state index in [2.05, 4.69) is 26.8 Å². The molecular weight excluding hydrogens is 340 g/mol. The van der Waals surface area contributed by atoms with Crippen LogP contribution >= 0.6 is 0 Å². The molecule has 0 aliphatic carbocycles. The van der Waals surface area contributed by atoms with E-state index >= 15 is 0 Å². The number of nitrogens with zero attached hydrogens (tertiary/aromatic N) is 2. The van der Waals surface area contributed by atoms with Crippen LogP contribution in [0.5, 0.6) is 0 Å². The SMILES string of the molecule is Cc1ccc(-c2nc(-c3cccc(NC(=O)NCC(C)C)c3)no2)c(C)c1. The first-order chi connectivity index (χ1) is 12.9. The van der Waals surface area contributed by atoms with E-state index in [9.17, 15) is 4.79 Å². The van der Waals surface area contributed by atoms with Gasteiger partial charge in [0.25, 0.3) is 5.89 Å². The van der Waals surface area contributed by atoms with Gasteiger partial charge in [0, 0.05) is 23.4 Å². The largest absolute Gasteiger partial charge is 0.338 e. The Bertz CT molecular complexity index is 947. The molecule has 3 rings (SSSR count). The fraction of sp³-hybridized carbons (Fsp3) is 0.286. The molecule has 140 valence electrons. The van der Waals surface area contributed by atoms with Crippen molar-refractivity contribution in [1.82, 2.24) is 15.5 Å². The molecule has 2 amide bonds. The number of urea groups is 1. The maximum atomic E-state index is 11.9. The fourth-order valence-corrected chi connectivity index (χ4v) is 2.71. The summed E-state index contributed by atoms with van der Waals surface area (Å²) >= 11 is 0. The average molecular weight is 364 g/mol. The molecule has 0 saturated heterocycles. The lowest BCUT2D eigenvalue weighted by atomic mass is 10.1. The van der Waals surface area contributed by atoms with Crippen molar-refractivity contribution in [1.29, 1.82) is 0 Å². The van der Waals surface area contributed by atoms with Gasteiger partial charge in [-0.2, -0.15) is 4.98 Å². The molecule has 0 radical (unpaired) electrons. The predicted molar refractivity (Wildman–Crippen MR) is 107 cm³/mol. The Hall–Kier alpha value is -3.15. The number of aryl methyl sites for hydroxylation is 2. The molecule has 0 bridgehead atoms. The molecule has 2 aromatic carbocycles. The molecule has 1 heterocycles. The molecule has 0 aliphatic heterocycles. The molecule has 2 N–H and O–H groups in total. The van der Waals surface area contributed by atoms with Crippen LogP contribution in [0.25, 0.3) is 22.8 Å². The Morgan fingerprint density at radius 2 is 1.96 bits per heavy atom. The second kappa shape index (κ2) is 8.03. The smallest absolute Gasteiger partial charge is 0.319 e. The van der Waals surface area contributed by atoms with Gasteiger partial charge in [0.2, 0.25) is 5.82 Å². The number of carbonyl (C=O) groups excluding carboxylic acids is 1. The summed E-state index contributed by atoms with van der Waals surface area (Å²) < 4.78 is 5.45. The number of amides is 2. The van der Waals surface area contributed by atoms with E-state index < -0.39 is 0 Å². The minimum atomic E-state index is -0.232. The van der Waals surface area contributed by atoms with Crippen molar-refractivity contribution in [2.75, 3.05) is 11.9 Å². The lowest BCUT2D eigenvalue weighted by Crippen LogP contribution is -2.31. The van der Waals surface area contributed by atoms with E-state index in [0.717, 1.165) is 16.7 Å². The molecule has 0 spiro atoms. The highest BCUT2D eigenvalue weighted by Gasteiger charge is 2.13. The highest BCUT2D eigenvalue weighted by molar-refractivity contribution is 5.89. The van der Waals surface area contributed by atoms with Crippen molar-refractivity contribution in [3.8, 4) is 22.8 Å².